The number of para-hydroxylation sites is 3. The van der Waals surface area contributed by atoms with E-state index in [0.717, 1.165) is 22.0 Å². The van der Waals surface area contributed by atoms with Crippen molar-refractivity contribution in [1.82, 2.24) is 24.8 Å². The number of nitrogens with two attached hydrogens (primary N) is 1. The molecule has 1 atom stereocenters. The number of nitriles is 1. The van der Waals surface area contributed by atoms with Crippen molar-refractivity contribution in [3.8, 4) is 17.6 Å². The molecule has 0 saturated heterocycles. The first-order chi connectivity index (χ1) is 21.0. The first-order valence-electron chi connectivity index (χ1n) is 13.7. The van der Waals surface area contributed by atoms with Gasteiger partial charge in [-0.15, -0.1) is 0 Å². The van der Waals surface area contributed by atoms with E-state index in [2.05, 4.69) is 37.0 Å². The van der Waals surface area contributed by atoms with E-state index in [-0.39, 0.29) is 24.7 Å². The van der Waals surface area contributed by atoms with Crippen molar-refractivity contribution in [1.29, 1.82) is 5.26 Å². The van der Waals surface area contributed by atoms with E-state index in [1.54, 1.807) is 28.8 Å². The van der Waals surface area contributed by atoms with Gasteiger partial charge in [0.2, 0.25) is 11.7 Å². The minimum atomic E-state index is -0.751. The van der Waals surface area contributed by atoms with Crippen LogP contribution in [0, 0.1) is 11.3 Å². The second-order valence-corrected chi connectivity index (χ2v) is 9.97. The van der Waals surface area contributed by atoms with Crippen LogP contribution in [0.5, 0.6) is 0 Å². The number of aromatic amines is 1. The summed E-state index contributed by atoms with van der Waals surface area (Å²) in [6.45, 7) is 0.329. The quantitative estimate of drug-likeness (QED) is 0.130. The third-order valence-electron chi connectivity index (χ3n) is 7.11. The molecule has 3 aromatic carbocycles. The topological polar surface area (TPSA) is 181 Å². The molecule has 12 nitrogen and oxygen atoms in total. The number of carbonyl (C=O) groups is 2. The zero-order valence-electron chi connectivity index (χ0n) is 22.9. The molecule has 0 saturated carbocycles. The molecule has 0 aliphatic rings. The number of H-pyrrole nitrogens is 1. The Balaban J connectivity index is 1.16. The van der Waals surface area contributed by atoms with Gasteiger partial charge in [-0.05, 0) is 64.8 Å². The van der Waals surface area contributed by atoms with Crippen LogP contribution < -0.4 is 16.4 Å². The monoisotopic (exact) mass is 573 g/mol. The summed E-state index contributed by atoms with van der Waals surface area (Å²) in [6, 6.07) is 23.3. The summed E-state index contributed by atoms with van der Waals surface area (Å²) in [5, 5.41) is 23.7. The Morgan fingerprint density at radius 1 is 1.05 bits per heavy atom. The molecule has 1 amide bonds. The van der Waals surface area contributed by atoms with Crippen LogP contribution in [-0.2, 0) is 17.8 Å². The molecule has 0 fully saturated rings. The molecule has 5 N–H and O–H groups in total. The van der Waals surface area contributed by atoms with Crippen LogP contribution in [-0.4, -0.2) is 49.1 Å². The summed E-state index contributed by atoms with van der Waals surface area (Å²) in [5.41, 5.74) is 10.9. The second kappa shape index (κ2) is 12.0. The maximum atomic E-state index is 13.4. The van der Waals surface area contributed by atoms with Crippen LogP contribution in [0.1, 0.15) is 22.3 Å². The van der Waals surface area contributed by atoms with Gasteiger partial charge in [0, 0.05) is 34.9 Å². The Labute approximate surface area is 245 Å². The van der Waals surface area contributed by atoms with E-state index >= 15 is 0 Å². The van der Waals surface area contributed by atoms with E-state index in [1.165, 1.54) is 0 Å². The number of rotatable bonds is 11. The first-order valence-corrected chi connectivity index (χ1v) is 13.7. The summed E-state index contributed by atoms with van der Waals surface area (Å²) in [5.74, 6) is 0.249. The fraction of sp³-hybridized carbons (Fsp3) is 0.161. The van der Waals surface area contributed by atoms with Gasteiger partial charge in [0.1, 0.15) is 0 Å². The molecule has 3 heterocycles. The van der Waals surface area contributed by atoms with E-state index in [4.69, 9.17) is 15.6 Å². The number of carbonyl (C=O) groups excluding carboxylic acids is 2. The average molecular weight is 574 g/mol. The average Bonchev–Trinajstić information content (AvgIpc) is 3.75. The van der Waals surface area contributed by atoms with Gasteiger partial charge in [0.05, 0.1) is 36.1 Å². The molecular formula is C31H27N9O3. The summed E-state index contributed by atoms with van der Waals surface area (Å²) in [4.78, 5) is 34.1. The van der Waals surface area contributed by atoms with Crippen LogP contribution in [0.2, 0.25) is 0 Å². The van der Waals surface area contributed by atoms with Crippen molar-refractivity contribution >= 4 is 45.1 Å². The van der Waals surface area contributed by atoms with E-state index in [0.29, 0.717) is 47.1 Å². The van der Waals surface area contributed by atoms with E-state index < -0.39 is 6.04 Å². The number of nitrogens with one attached hydrogen (secondary N) is 3. The summed E-state index contributed by atoms with van der Waals surface area (Å²) >= 11 is 0. The normalized spacial score (nSPS) is 11.8. The summed E-state index contributed by atoms with van der Waals surface area (Å²) < 4.78 is 6.71. The SMILES string of the molecule is N#CCCNc1nonc1-c1nc2ccccc2n1CC(=O)c1ccc(NC(=O)[C@@H](N)Cc2c[nH]c3ccccc23)cc1. The van der Waals surface area contributed by atoms with Gasteiger partial charge in [-0.3, -0.25) is 9.59 Å². The lowest BCUT2D eigenvalue weighted by atomic mass is 10.0. The zero-order chi connectivity index (χ0) is 29.8. The number of ketones is 1. The number of amides is 1. The Hall–Kier alpha value is -5.80. The van der Waals surface area contributed by atoms with Gasteiger partial charge in [0.25, 0.3) is 0 Å². The Morgan fingerprint density at radius 3 is 2.67 bits per heavy atom. The summed E-state index contributed by atoms with van der Waals surface area (Å²) in [6.07, 6.45) is 2.52. The Kier molecular flexibility index (Phi) is 7.62. The van der Waals surface area contributed by atoms with Crippen LogP contribution in [0.25, 0.3) is 33.5 Å². The maximum Gasteiger partial charge on any atom is 0.241 e. The van der Waals surface area contributed by atoms with Crippen molar-refractivity contribution in [2.75, 3.05) is 17.2 Å². The number of anilines is 2. The van der Waals surface area contributed by atoms with Gasteiger partial charge < -0.3 is 25.9 Å². The molecule has 12 heteroatoms. The molecule has 0 unspecified atom stereocenters. The number of imidazole rings is 1. The molecular weight excluding hydrogens is 546 g/mol. The molecule has 0 aliphatic carbocycles. The van der Waals surface area contributed by atoms with Crippen molar-refractivity contribution in [3.05, 3.63) is 90.1 Å². The Morgan fingerprint density at radius 2 is 1.84 bits per heavy atom. The number of aromatic nitrogens is 5. The third-order valence-corrected chi connectivity index (χ3v) is 7.11. The smallest absolute Gasteiger partial charge is 0.241 e. The first kappa shape index (κ1) is 27.4. The fourth-order valence-electron chi connectivity index (χ4n) is 4.94. The summed E-state index contributed by atoms with van der Waals surface area (Å²) in [7, 11) is 0. The molecule has 6 aromatic rings. The highest BCUT2D eigenvalue weighted by Crippen LogP contribution is 2.28. The standard InChI is InChI=1S/C31H27N9O3/c32-14-5-15-34-29-28(38-43-39-29)30-37-25-8-3-4-9-26(25)40(30)18-27(41)19-10-12-21(13-11-19)36-31(42)23(33)16-20-17-35-24-7-2-1-6-22(20)24/h1-4,6-13,17,23,35H,5,15-16,18,33H2,(H,34,39)(H,36,42)/t23-/m0/s1. The molecule has 0 bridgehead atoms. The predicted molar refractivity (Wildman–Crippen MR) is 161 cm³/mol. The number of benzene rings is 3. The van der Waals surface area contributed by atoms with Crippen LogP contribution in [0.3, 0.4) is 0 Å². The zero-order valence-corrected chi connectivity index (χ0v) is 22.9. The van der Waals surface area contributed by atoms with Crippen LogP contribution in [0.4, 0.5) is 11.5 Å². The number of fused-ring (bicyclic) bond motifs is 2. The van der Waals surface area contributed by atoms with Gasteiger partial charge in [-0.25, -0.2) is 9.61 Å². The van der Waals surface area contributed by atoms with E-state index in [1.807, 2.05) is 54.7 Å². The lowest BCUT2D eigenvalue weighted by Crippen LogP contribution is -2.37. The van der Waals surface area contributed by atoms with Crippen molar-refractivity contribution in [3.63, 3.8) is 0 Å². The Bertz CT molecular complexity index is 1960. The van der Waals surface area contributed by atoms with Crippen LogP contribution >= 0.6 is 0 Å². The molecule has 0 radical (unpaired) electrons. The van der Waals surface area contributed by atoms with Crippen molar-refractivity contribution in [2.45, 2.75) is 25.4 Å². The van der Waals surface area contributed by atoms with Gasteiger partial charge in [-0.2, -0.15) is 5.26 Å². The highest BCUT2D eigenvalue weighted by atomic mass is 16.6. The van der Waals surface area contributed by atoms with Gasteiger partial charge in [-0.1, -0.05) is 30.3 Å². The predicted octanol–water partition coefficient (Wildman–Crippen LogP) is 4.28. The number of Topliss-reactive ketones (excluding diaryl/α,β-unsaturated/α-hetero) is 1. The highest BCUT2D eigenvalue weighted by molar-refractivity contribution is 5.99. The number of hydrogen-bond acceptors (Lipinski definition) is 9. The van der Waals surface area contributed by atoms with Crippen molar-refractivity contribution < 1.29 is 14.2 Å². The second-order valence-electron chi connectivity index (χ2n) is 9.97. The largest absolute Gasteiger partial charge is 0.364 e. The maximum absolute atomic E-state index is 13.4. The highest BCUT2D eigenvalue weighted by Gasteiger charge is 2.23. The lowest BCUT2D eigenvalue weighted by Gasteiger charge is -2.13. The fourth-order valence-corrected chi connectivity index (χ4v) is 4.94. The van der Waals surface area contributed by atoms with Gasteiger partial charge >= 0.3 is 0 Å². The molecule has 43 heavy (non-hydrogen) atoms. The number of nitrogens with zero attached hydrogens (tertiary/aromatic N) is 5. The molecule has 214 valence electrons. The molecule has 0 aliphatic heterocycles. The minimum absolute atomic E-state index is 0.0262. The number of hydrogen-bond donors (Lipinski definition) is 4. The molecule has 6 rings (SSSR count). The molecule has 0 spiro atoms. The third kappa shape index (κ3) is 5.70. The van der Waals surface area contributed by atoms with Crippen LogP contribution in [0.15, 0.2) is 83.6 Å². The lowest BCUT2D eigenvalue weighted by molar-refractivity contribution is -0.117. The van der Waals surface area contributed by atoms with Gasteiger partial charge in [0.15, 0.2) is 17.3 Å². The van der Waals surface area contributed by atoms with E-state index in [9.17, 15) is 9.59 Å². The minimum Gasteiger partial charge on any atom is -0.364 e. The van der Waals surface area contributed by atoms with Crippen molar-refractivity contribution in [2.24, 2.45) is 5.73 Å². The molecule has 3 aromatic heterocycles.